The SMILES string of the molecule is CC(=O)Nc1ccn([C@H]2C[C@H](O)[C@H](O)[C@H](O)[C@@H](CO)O2)c(=O)n1. The number of carbonyl (C=O) groups is 1. The van der Waals surface area contributed by atoms with Gasteiger partial charge in [0.1, 0.15) is 30.4 Å². The summed E-state index contributed by atoms with van der Waals surface area (Å²) in [5.41, 5.74) is -0.754. The van der Waals surface area contributed by atoms with Crippen LogP contribution >= 0.6 is 0 Å². The lowest BCUT2D eigenvalue weighted by Crippen LogP contribution is -2.44. The fourth-order valence-corrected chi connectivity index (χ4v) is 2.34. The van der Waals surface area contributed by atoms with E-state index in [1.54, 1.807) is 0 Å². The van der Waals surface area contributed by atoms with Crippen molar-refractivity contribution in [2.75, 3.05) is 11.9 Å². The van der Waals surface area contributed by atoms with Crippen molar-refractivity contribution in [2.45, 2.75) is 44.0 Å². The van der Waals surface area contributed by atoms with Crippen molar-refractivity contribution in [3.63, 3.8) is 0 Å². The summed E-state index contributed by atoms with van der Waals surface area (Å²) < 4.78 is 6.46. The average Bonchev–Trinajstić information content (AvgIpc) is 2.58. The molecule has 1 aliphatic rings. The van der Waals surface area contributed by atoms with Gasteiger partial charge >= 0.3 is 5.69 Å². The van der Waals surface area contributed by atoms with Crippen LogP contribution in [0.1, 0.15) is 19.6 Å². The smallest absolute Gasteiger partial charge is 0.351 e. The quantitative estimate of drug-likeness (QED) is 0.410. The second-order valence-electron chi connectivity index (χ2n) is 5.28. The largest absolute Gasteiger partial charge is 0.394 e. The molecule has 23 heavy (non-hydrogen) atoms. The first-order chi connectivity index (χ1) is 10.8. The van der Waals surface area contributed by atoms with E-state index in [2.05, 4.69) is 10.3 Å². The minimum atomic E-state index is -1.51. The molecule has 1 aromatic heterocycles. The van der Waals surface area contributed by atoms with E-state index in [1.165, 1.54) is 19.2 Å². The number of nitrogens with zero attached hydrogens (tertiary/aromatic N) is 2. The minimum Gasteiger partial charge on any atom is -0.394 e. The monoisotopic (exact) mass is 329 g/mol. The van der Waals surface area contributed by atoms with Gasteiger partial charge in [-0.05, 0) is 6.07 Å². The molecule has 0 aliphatic carbocycles. The molecule has 5 atom stereocenters. The zero-order valence-electron chi connectivity index (χ0n) is 12.4. The molecule has 1 amide bonds. The second-order valence-corrected chi connectivity index (χ2v) is 5.28. The van der Waals surface area contributed by atoms with Crippen LogP contribution in [0.15, 0.2) is 17.1 Å². The van der Waals surface area contributed by atoms with Crippen molar-refractivity contribution in [2.24, 2.45) is 0 Å². The highest BCUT2D eigenvalue weighted by Crippen LogP contribution is 2.26. The normalized spacial score (nSPS) is 31.4. The third kappa shape index (κ3) is 3.92. The Hall–Kier alpha value is -1.85. The molecule has 0 bridgehead atoms. The van der Waals surface area contributed by atoms with Gasteiger partial charge in [-0.25, -0.2) is 4.79 Å². The molecule has 1 aliphatic heterocycles. The Morgan fingerprint density at radius 3 is 2.70 bits per heavy atom. The van der Waals surface area contributed by atoms with Crippen LogP contribution in [0.3, 0.4) is 0 Å². The predicted octanol–water partition coefficient (Wildman–Crippen LogP) is -2.44. The third-order valence-electron chi connectivity index (χ3n) is 3.52. The topological polar surface area (TPSA) is 154 Å². The number of rotatable bonds is 3. The van der Waals surface area contributed by atoms with Crippen molar-refractivity contribution < 1.29 is 30.0 Å². The number of ether oxygens (including phenoxy) is 1. The summed E-state index contributed by atoms with van der Waals surface area (Å²) in [4.78, 5) is 26.7. The van der Waals surface area contributed by atoms with Gasteiger partial charge in [-0.3, -0.25) is 9.36 Å². The Balaban J connectivity index is 2.29. The fraction of sp³-hybridized carbons (Fsp3) is 0.615. The molecule has 0 spiro atoms. The lowest BCUT2D eigenvalue weighted by Gasteiger charge is -2.24. The van der Waals surface area contributed by atoms with Crippen LogP contribution in [-0.2, 0) is 9.53 Å². The van der Waals surface area contributed by atoms with Crippen LogP contribution in [0.2, 0.25) is 0 Å². The summed E-state index contributed by atoms with van der Waals surface area (Å²) >= 11 is 0. The molecule has 1 aromatic rings. The number of amides is 1. The van der Waals surface area contributed by atoms with Crippen molar-refractivity contribution in [3.8, 4) is 0 Å². The van der Waals surface area contributed by atoms with Crippen molar-refractivity contribution in [1.29, 1.82) is 0 Å². The van der Waals surface area contributed by atoms with Gasteiger partial charge in [0.15, 0.2) is 0 Å². The summed E-state index contributed by atoms with van der Waals surface area (Å²) in [6, 6.07) is 1.37. The number of hydrogen-bond donors (Lipinski definition) is 5. The van der Waals surface area contributed by atoms with E-state index >= 15 is 0 Å². The Morgan fingerprint density at radius 2 is 2.13 bits per heavy atom. The van der Waals surface area contributed by atoms with Crippen molar-refractivity contribution in [3.05, 3.63) is 22.7 Å². The molecular weight excluding hydrogens is 310 g/mol. The third-order valence-corrected chi connectivity index (χ3v) is 3.52. The lowest BCUT2D eigenvalue weighted by atomic mass is 10.0. The summed E-state index contributed by atoms with van der Waals surface area (Å²) in [6.07, 6.45) is -5.46. The van der Waals surface area contributed by atoms with E-state index in [1.807, 2.05) is 0 Å². The zero-order valence-corrected chi connectivity index (χ0v) is 12.4. The standard InChI is InChI=1S/C13H19N3O7/c1-6(18)14-9-2-3-16(13(22)15-9)10-4-7(19)11(20)12(21)8(5-17)23-10/h2-3,7-8,10-12,17,19-21H,4-5H2,1H3,(H,14,15,18,22)/t7-,8+,10+,11-,12+/m0/s1. The molecule has 5 N–H and O–H groups in total. The number of aliphatic hydroxyl groups excluding tert-OH is 4. The Labute approximate surface area is 131 Å². The highest BCUT2D eigenvalue weighted by molar-refractivity contribution is 5.87. The minimum absolute atomic E-state index is 0.0618. The average molecular weight is 329 g/mol. The first-order valence-electron chi connectivity index (χ1n) is 7.00. The summed E-state index contributed by atoms with van der Waals surface area (Å²) in [6.45, 7) is 0.667. The first-order valence-corrected chi connectivity index (χ1v) is 7.00. The van der Waals surface area contributed by atoms with Gasteiger partial charge < -0.3 is 30.5 Å². The predicted molar refractivity (Wildman–Crippen MR) is 76.4 cm³/mol. The zero-order chi connectivity index (χ0) is 17.1. The van der Waals surface area contributed by atoms with Gasteiger partial charge in [0.05, 0.1) is 12.7 Å². The molecule has 0 aromatic carbocycles. The second kappa shape index (κ2) is 7.15. The van der Waals surface area contributed by atoms with Crippen molar-refractivity contribution >= 4 is 11.7 Å². The van der Waals surface area contributed by atoms with Gasteiger partial charge in [-0.2, -0.15) is 4.98 Å². The molecule has 2 rings (SSSR count). The summed E-state index contributed by atoms with van der Waals surface area (Å²) in [7, 11) is 0. The molecule has 10 nitrogen and oxygen atoms in total. The van der Waals surface area contributed by atoms with E-state index in [0.717, 1.165) is 4.57 Å². The van der Waals surface area contributed by atoms with E-state index < -0.39 is 42.9 Å². The number of anilines is 1. The summed E-state index contributed by atoms with van der Waals surface area (Å²) in [5, 5.41) is 41.1. The molecule has 2 heterocycles. The van der Waals surface area contributed by atoms with E-state index in [-0.39, 0.29) is 18.1 Å². The molecule has 1 saturated heterocycles. The lowest BCUT2D eigenvalue weighted by molar-refractivity contribution is -0.132. The summed E-state index contributed by atoms with van der Waals surface area (Å²) in [5.74, 6) is -0.325. The fourth-order valence-electron chi connectivity index (χ4n) is 2.34. The number of hydrogen-bond acceptors (Lipinski definition) is 8. The molecule has 0 radical (unpaired) electrons. The van der Waals surface area contributed by atoms with E-state index in [4.69, 9.17) is 4.74 Å². The Bertz CT molecular complexity index is 620. The van der Waals surface area contributed by atoms with Crippen LogP contribution in [-0.4, -0.2) is 66.9 Å². The maximum atomic E-state index is 12.0. The number of carbonyl (C=O) groups excluding carboxylic acids is 1. The van der Waals surface area contributed by atoms with Crippen molar-refractivity contribution in [1.82, 2.24) is 9.55 Å². The van der Waals surface area contributed by atoms with Crippen LogP contribution in [0.4, 0.5) is 5.82 Å². The molecule has 0 unspecified atom stereocenters. The van der Waals surface area contributed by atoms with Crippen LogP contribution in [0.25, 0.3) is 0 Å². The van der Waals surface area contributed by atoms with Gasteiger partial charge in [0.2, 0.25) is 5.91 Å². The van der Waals surface area contributed by atoms with Crippen LogP contribution < -0.4 is 11.0 Å². The molecule has 0 saturated carbocycles. The molecule has 10 heteroatoms. The number of nitrogens with one attached hydrogen (secondary N) is 1. The first kappa shape index (κ1) is 17.5. The van der Waals surface area contributed by atoms with Crippen LogP contribution in [0.5, 0.6) is 0 Å². The Kier molecular flexibility index (Phi) is 5.44. The molecule has 1 fully saturated rings. The number of aromatic nitrogens is 2. The maximum absolute atomic E-state index is 12.0. The van der Waals surface area contributed by atoms with Gasteiger partial charge in [-0.1, -0.05) is 0 Å². The Morgan fingerprint density at radius 1 is 1.43 bits per heavy atom. The highest BCUT2D eigenvalue weighted by atomic mass is 16.5. The number of aliphatic hydroxyl groups is 4. The van der Waals surface area contributed by atoms with Gasteiger partial charge in [0, 0.05) is 19.5 Å². The van der Waals surface area contributed by atoms with E-state index in [0.29, 0.717) is 0 Å². The highest BCUT2D eigenvalue weighted by Gasteiger charge is 2.39. The molecule has 128 valence electrons. The van der Waals surface area contributed by atoms with E-state index in [9.17, 15) is 30.0 Å². The van der Waals surface area contributed by atoms with Gasteiger partial charge in [0.25, 0.3) is 0 Å². The molecular formula is C13H19N3O7. The van der Waals surface area contributed by atoms with Gasteiger partial charge in [-0.15, -0.1) is 0 Å². The maximum Gasteiger partial charge on any atom is 0.351 e. The van der Waals surface area contributed by atoms with Crippen LogP contribution in [0, 0.1) is 0 Å².